The van der Waals surface area contributed by atoms with E-state index in [0.717, 1.165) is 12.0 Å². The summed E-state index contributed by atoms with van der Waals surface area (Å²) in [5.74, 6) is 0. The van der Waals surface area contributed by atoms with Crippen LogP contribution in [0, 0.1) is 0 Å². The molecule has 0 spiro atoms. The highest BCUT2D eigenvalue weighted by Gasteiger charge is 1.96. The fraction of sp³-hybridized carbons (Fsp3) is 0.429. The highest BCUT2D eigenvalue weighted by Crippen LogP contribution is 1.99. The zero-order valence-electron chi connectivity index (χ0n) is 5.46. The van der Waals surface area contributed by atoms with E-state index in [1.54, 1.807) is 6.92 Å². The van der Waals surface area contributed by atoms with E-state index in [2.05, 4.69) is 4.98 Å². The SMILES string of the molecule is C[C@@H](O)Cc1cc[nH]c1. The Morgan fingerprint density at radius 3 is 3.00 bits per heavy atom. The van der Waals surface area contributed by atoms with Crippen LogP contribution in [0.25, 0.3) is 0 Å². The Morgan fingerprint density at radius 1 is 1.78 bits per heavy atom. The van der Waals surface area contributed by atoms with Gasteiger partial charge in [-0.05, 0) is 25.0 Å². The van der Waals surface area contributed by atoms with E-state index in [0.29, 0.717) is 0 Å². The first kappa shape index (κ1) is 6.36. The number of nitrogens with one attached hydrogen (secondary N) is 1. The van der Waals surface area contributed by atoms with E-state index in [1.165, 1.54) is 0 Å². The number of H-pyrrole nitrogens is 1. The first-order chi connectivity index (χ1) is 4.29. The number of aliphatic hydroxyl groups excluding tert-OH is 1. The molecule has 9 heavy (non-hydrogen) atoms. The molecule has 0 unspecified atom stereocenters. The van der Waals surface area contributed by atoms with Crippen molar-refractivity contribution in [3.05, 3.63) is 24.0 Å². The summed E-state index contributed by atoms with van der Waals surface area (Å²) in [5, 5.41) is 8.91. The van der Waals surface area contributed by atoms with E-state index >= 15 is 0 Å². The maximum Gasteiger partial charge on any atom is 0.0553 e. The third-order valence-corrected chi connectivity index (χ3v) is 1.19. The molecule has 0 amide bonds. The molecule has 0 saturated heterocycles. The van der Waals surface area contributed by atoms with Crippen molar-refractivity contribution in [2.45, 2.75) is 19.4 Å². The van der Waals surface area contributed by atoms with Crippen LogP contribution < -0.4 is 0 Å². The quantitative estimate of drug-likeness (QED) is 0.606. The van der Waals surface area contributed by atoms with Crippen LogP contribution in [-0.4, -0.2) is 16.2 Å². The Hall–Kier alpha value is -0.760. The highest BCUT2D eigenvalue weighted by molar-refractivity contribution is 5.08. The third kappa shape index (κ3) is 1.90. The van der Waals surface area contributed by atoms with E-state index < -0.39 is 0 Å². The summed E-state index contributed by atoms with van der Waals surface area (Å²) < 4.78 is 0. The van der Waals surface area contributed by atoms with Gasteiger partial charge in [0.1, 0.15) is 0 Å². The molecule has 0 fully saturated rings. The Morgan fingerprint density at radius 2 is 2.56 bits per heavy atom. The zero-order valence-corrected chi connectivity index (χ0v) is 5.46. The van der Waals surface area contributed by atoms with Crippen molar-refractivity contribution in [2.75, 3.05) is 0 Å². The van der Waals surface area contributed by atoms with Crippen LogP contribution in [-0.2, 0) is 6.42 Å². The Kier molecular flexibility index (Phi) is 1.90. The number of aliphatic hydroxyl groups is 1. The minimum atomic E-state index is -0.235. The Bertz CT molecular complexity index is 155. The number of aromatic amines is 1. The lowest BCUT2D eigenvalue weighted by Gasteiger charge is -1.98. The molecule has 1 rings (SSSR count). The first-order valence-corrected chi connectivity index (χ1v) is 3.09. The molecule has 0 aliphatic carbocycles. The second kappa shape index (κ2) is 2.69. The van der Waals surface area contributed by atoms with E-state index in [1.807, 2.05) is 18.5 Å². The molecule has 2 heteroatoms. The van der Waals surface area contributed by atoms with Crippen LogP contribution in [0.1, 0.15) is 12.5 Å². The number of rotatable bonds is 2. The molecule has 50 valence electrons. The fourth-order valence-corrected chi connectivity index (χ4v) is 0.826. The van der Waals surface area contributed by atoms with Crippen molar-refractivity contribution < 1.29 is 5.11 Å². The predicted molar refractivity (Wildman–Crippen MR) is 36.2 cm³/mol. The fourth-order valence-electron chi connectivity index (χ4n) is 0.826. The number of hydrogen-bond donors (Lipinski definition) is 2. The maximum absolute atomic E-state index is 8.91. The predicted octanol–water partition coefficient (Wildman–Crippen LogP) is 0.938. The van der Waals surface area contributed by atoms with Crippen LogP contribution >= 0.6 is 0 Å². The Balaban J connectivity index is 2.48. The molecular formula is C7H11NO. The van der Waals surface area contributed by atoms with Crippen LogP contribution in [0.2, 0.25) is 0 Å². The van der Waals surface area contributed by atoms with Gasteiger partial charge in [-0.2, -0.15) is 0 Å². The zero-order chi connectivity index (χ0) is 6.69. The van der Waals surface area contributed by atoms with Gasteiger partial charge in [-0.15, -0.1) is 0 Å². The van der Waals surface area contributed by atoms with E-state index in [9.17, 15) is 0 Å². The van der Waals surface area contributed by atoms with Gasteiger partial charge in [0, 0.05) is 12.4 Å². The van der Waals surface area contributed by atoms with Crippen LogP contribution in [0.15, 0.2) is 18.5 Å². The van der Waals surface area contributed by atoms with Crippen molar-refractivity contribution in [2.24, 2.45) is 0 Å². The summed E-state index contributed by atoms with van der Waals surface area (Å²) in [6.45, 7) is 1.78. The topological polar surface area (TPSA) is 36.0 Å². The largest absolute Gasteiger partial charge is 0.393 e. The molecule has 0 aliphatic rings. The summed E-state index contributed by atoms with van der Waals surface area (Å²) in [6.07, 6.45) is 4.26. The normalized spacial score (nSPS) is 13.6. The minimum absolute atomic E-state index is 0.235. The van der Waals surface area contributed by atoms with Gasteiger partial charge in [-0.25, -0.2) is 0 Å². The maximum atomic E-state index is 8.91. The molecule has 2 N–H and O–H groups in total. The van der Waals surface area contributed by atoms with Crippen LogP contribution in [0.3, 0.4) is 0 Å². The smallest absolute Gasteiger partial charge is 0.0553 e. The molecule has 1 aromatic rings. The van der Waals surface area contributed by atoms with Crippen molar-refractivity contribution >= 4 is 0 Å². The average Bonchev–Trinajstić information content (AvgIpc) is 2.15. The molecule has 0 aromatic carbocycles. The lowest BCUT2D eigenvalue weighted by Crippen LogP contribution is -2.02. The minimum Gasteiger partial charge on any atom is -0.393 e. The molecule has 1 atom stereocenters. The molecule has 2 nitrogen and oxygen atoms in total. The van der Waals surface area contributed by atoms with Crippen molar-refractivity contribution in [3.63, 3.8) is 0 Å². The summed E-state index contributed by atoms with van der Waals surface area (Å²) in [6, 6.07) is 1.96. The van der Waals surface area contributed by atoms with Gasteiger partial charge in [0.05, 0.1) is 6.10 Å². The molecule has 0 saturated carbocycles. The van der Waals surface area contributed by atoms with Gasteiger partial charge < -0.3 is 10.1 Å². The molecule has 0 bridgehead atoms. The van der Waals surface area contributed by atoms with Gasteiger partial charge in [0.2, 0.25) is 0 Å². The summed E-state index contributed by atoms with van der Waals surface area (Å²) >= 11 is 0. The lowest BCUT2D eigenvalue weighted by atomic mass is 10.2. The first-order valence-electron chi connectivity index (χ1n) is 3.09. The number of hydrogen-bond acceptors (Lipinski definition) is 1. The van der Waals surface area contributed by atoms with E-state index in [4.69, 9.17) is 5.11 Å². The molecule has 0 aliphatic heterocycles. The van der Waals surface area contributed by atoms with Gasteiger partial charge in [-0.3, -0.25) is 0 Å². The van der Waals surface area contributed by atoms with Crippen molar-refractivity contribution in [1.29, 1.82) is 0 Å². The number of aromatic nitrogens is 1. The third-order valence-electron chi connectivity index (χ3n) is 1.19. The average molecular weight is 125 g/mol. The van der Waals surface area contributed by atoms with E-state index in [-0.39, 0.29) is 6.10 Å². The van der Waals surface area contributed by atoms with Crippen LogP contribution in [0.5, 0.6) is 0 Å². The second-order valence-electron chi connectivity index (χ2n) is 2.27. The van der Waals surface area contributed by atoms with Gasteiger partial charge in [0.25, 0.3) is 0 Å². The molecular weight excluding hydrogens is 114 g/mol. The lowest BCUT2D eigenvalue weighted by molar-refractivity contribution is 0.195. The van der Waals surface area contributed by atoms with Gasteiger partial charge >= 0.3 is 0 Å². The Labute approximate surface area is 54.5 Å². The summed E-state index contributed by atoms with van der Waals surface area (Å²) in [5.41, 5.74) is 1.16. The second-order valence-corrected chi connectivity index (χ2v) is 2.27. The molecule has 1 heterocycles. The molecule has 0 radical (unpaired) electrons. The molecule has 1 aromatic heterocycles. The monoisotopic (exact) mass is 125 g/mol. The van der Waals surface area contributed by atoms with Crippen molar-refractivity contribution in [3.8, 4) is 0 Å². The summed E-state index contributed by atoms with van der Waals surface area (Å²) in [4.78, 5) is 2.92. The highest BCUT2D eigenvalue weighted by atomic mass is 16.3. The van der Waals surface area contributed by atoms with Crippen molar-refractivity contribution in [1.82, 2.24) is 4.98 Å². The van der Waals surface area contributed by atoms with Gasteiger partial charge in [-0.1, -0.05) is 0 Å². The summed E-state index contributed by atoms with van der Waals surface area (Å²) in [7, 11) is 0. The van der Waals surface area contributed by atoms with Crippen LogP contribution in [0.4, 0.5) is 0 Å². The standard InChI is InChI=1S/C7H11NO/c1-6(9)4-7-2-3-8-5-7/h2-3,5-6,8-9H,4H2,1H3/t6-/m1/s1. The van der Waals surface area contributed by atoms with Gasteiger partial charge in [0.15, 0.2) is 0 Å².